The fourth-order valence-corrected chi connectivity index (χ4v) is 2.11. The molecule has 104 valence electrons. The summed E-state index contributed by atoms with van der Waals surface area (Å²) in [7, 11) is 0. The van der Waals surface area contributed by atoms with Gasteiger partial charge < -0.3 is 9.63 Å². The van der Waals surface area contributed by atoms with Crippen molar-refractivity contribution in [3.63, 3.8) is 0 Å². The molecule has 1 N–H and O–H groups in total. The van der Waals surface area contributed by atoms with Gasteiger partial charge in [-0.25, -0.2) is 4.98 Å². The van der Waals surface area contributed by atoms with Crippen LogP contribution in [0.5, 0.6) is 0 Å². The molecule has 0 aliphatic rings. The molecule has 0 radical (unpaired) electrons. The van der Waals surface area contributed by atoms with Gasteiger partial charge in [-0.2, -0.15) is 18.2 Å². The van der Waals surface area contributed by atoms with Crippen LogP contribution < -0.4 is 0 Å². The highest BCUT2D eigenvalue weighted by molar-refractivity contribution is 7.09. The first kappa shape index (κ1) is 13.9. The summed E-state index contributed by atoms with van der Waals surface area (Å²) in [6, 6.07) is 0. The number of hydrogen-bond acceptors (Lipinski definition) is 6. The number of hydrogen-bond donors (Lipinski definition) is 1. The maximum Gasteiger partial charge on any atom is 0.414 e. The molecule has 0 aromatic carbocycles. The lowest BCUT2D eigenvalue weighted by molar-refractivity contribution is -0.204. The summed E-state index contributed by atoms with van der Waals surface area (Å²) in [4.78, 5) is 7.98. The van der Waals surface area contributed by atoms with Crippen molar-refractivity contribution in [1.82, 2.24) is 15.1 Å². The zero-order valence-electron chi connectivity index (χ0n) is 9.81. The molecule has 0 amide bonds. The molecule has 1 atom stereocenters. The number of nitrogens with zero attached hydrogens (tertiary/aromatic N) is 3. The molecule has 1 unspecified atom stereocenters. The van der Waals surface area contributed by atoms with Crippen LogP contribution in [0.1, 0.15) is 22.4 Å². The quantitative estimate of drug-likeness (QED) is 0.932. The second kappa shape index (κ2) is 5.25. The molecule has 0 spiro atoms. The standard InChI is InChI=1S/C10H10F3N3O2S/c1-5-4-19-9(14-5)3-7-15-8(18-16-7)2-6(17)10(11,12)13/h4,6,17H,2-3H2,1H3. The summed E-state index contributed by atoms with van der Waals surface area (Å²) < 4.78 is 41.1. The monoisotopic (exact) mass is 293 g/mol. The smallest absolute Gasteiger partial charge is 0.383 e. The van der Waals surface area contributed by atoms with E-state index in [-0.39, 0.29) is 11.7 Å². The number of aromatic nitrogens is 3. The predicted molar refractivity (Wildman–Crippen MR) is 59.7 cm³/mol. The molecule has 19 heavy (non-hydrogen) atoms. The Morgan fingerprint density at radius 1 is 1.42 bits per heavy atom. The van der Waals surface area contributed by atoms with Crippen molar-refractivity contribution in [3.8, 4) is 0 Å². The summed E-state index contributed by atoms with van der Waals surface area (Å²) in [5.74, 6) is 0.00632. The third-order valence-corrected chi connectivity index (χ3v) is 3.20. The van der Waals surface area contributed by atoms with Gasteiger partial charge in [0.05, 0.1) is 12.8 Å². The van der Waals surface area contributed by atoms with Crippen LogP contribution in [0.2, 0.25) is 0 Å². The number of alkyl halides is 3. The molecule has 0 aliphatic heterocycles. The lowest BCUT2D eigenvalue weighted by Gasteiger charge is -2.11. The molecule has 2 rings (SSSR count). The van der Waals surface area contributed by atoms with Crippen LogP contribution in [-0.4, -0.2) is 32.5 Å². The third-order valence-electron chi connectivity index (χ3n) is 2.23. The molecule has 5 nitrogen and oxygen atoms in total. The van der Waals surface area contributed by atoms with Gasteiger partial charge in [0.15, 0.2) is 11.9 Å². The Morgan fingerprint density at radius 3 is 2.74 bits per heavy atom. The number of aliphatic hydroxyl groups excluding tert-OH is 1. The van der Waals surface area contributed by atoms with Crippen molar-refractivity contribution in [2.45, 2.75) is 32.0 Å². The molecular weight excluding hydrogens is 283 g/mol. The molecule has 0 bridgehead atoms. The fourth-order valence-electron chi connectivity index (χ4n) is 1.35. The van der Waals surface area contributed by atoms with Gasteiger partial charge in [0.2, 0.25) is 5.89 Å². The largest absolute Gasteiger partial charge is 0.414 e. The number of rotatable bonds is 4. The Labute approximate surface area is 110 Å². The fraction of sp³-hybridized carbons (Fsp3) is 0.500. The summed E-state index contributed by atoms with van der Waals surface area (Å²) in [5, 5.41) is 15.0. The van der Waals surface area contributed by atoms with E-state index in [1.165, 1.54) is 11.3 Å². The molecule has 0 aliphatic carbocycles. The van der Waals surface area contributed by atoms with Crippen LogP contribution in [0.15, 0.2) is 9.90 Å². The Morgan fingerprint density at radius 2 is 2.16 bits per heavy atom. The van der Waals surface area contributed by atoms with Gasteiger partial charge in [0, 0.05) is 11.1 Å². The van der Waals surface area contributed by atoms with E-state index in [4.69, 9.17) is 5.11 Å². The van der Waals surface area contributed by atoms with E-state index in [9.17, 15) is 13.2 Å². The minimum atomic E-state index is -4.69. The molecule has 0 saturated heterocycles. The van der Waals surface area contributed by atoms with Gasteiger partial charge in [0.25, 0.3) is 0 Å². The summed E-state index contributed by atoms with van der Waals surface area (Å²) >= 11 is 1.41. The van der Waals surface area contributed by atoms with Crippen LogP contribution in [0.3, 0.4) is 0 Å². The Kier molecular flexibility index (Phi) is 3.85. The van der Waals surface area contributed by atoms with Crippen molar-refractivity contribution in [2.75, 3.05) is 0 Å². The molecule has 0 fully saturated rings. The van der Waals surface area contributed by atoms with Crippen LogP contribution in [-0.2, 0) is 12.8 Å². The van der Waals surface area contributed by atoms with Gasteiger partial charge in [0.1, 0.15) is 5.01 Å². The number of aliphatic hydroxyl groups is 1. The first-order chi connectivity index (χ1) is 8.84. The van der Waals surface area contributed by atoms with E-state index < -0.39 is 18.7 Å². The van der Waals surface area contributed by atoms with Crippen molar-refractivity contribution in [1.29, 1.82) is 0 Å². The lowest BCUT2D eigenvalue weighted by Crippen LogP contribution is -2.30. The average molecular weight is 293 g/mol. The van der Waals surface area contributed by atoms with Gasteiger partial charge in [-0.1, -0.05) is 5.16 Å². The van der Waals surface area contributed by atoms with Gasteiger partial charge in [-0.15, -0.1) is 11.3 Å². The van der Waals surface area contributed by atoms with E-state index >= 15 is 0 Å². The zero-order valence-corrected chi connectivity index (χ0v) is 10.6. The summed E-state index contributed by atoms with van der Waals surface area (Å²) in [6.45, 7) is 1.83. The molecule has 2 heterocycles. The second-order valence-electron chi connectivity index (χ2n) is 3.93. The van der Waals surface area contributed by atoms with Crippen LogP contribution in [0, 0.1) is 6.92 Å². The minimum absolute atomic E-state index is 0.242. The predicted octanol–water partition coefficient (Wildman–Crippen LogP) is 1.89. The van der Waals surface area contributed by atoms with E-state index in [1.54, 1.807) is 0 Å². The molecular formula is C10H10F3N3O2S. The van der Waals surface area contributed by atoms with Crippen LogP contribution in [0.25, 0.3) is 0 Å². The highest BCUT2D eigenvalue weighted by atomic mass is 32.1. The van der Waals surface area contributed by atoms with E-state index in [0.29, 0.717) is 6.42 Å². The first-order valence-electron chi connectivity index (χ1n) is 5.32. The highest BCUT2D eigenvalue weighted by Gasteiger charge is 2.39. The molecule has 2 aromatic heterocycles. The topological polar surface area (TPSA) is 72.0 Å². The maximum atomic E-state index is 12.1. The van der Waals surface area contributed by atoms with Crippen LogP contribution in [0.4, 0.5) is 13.2 Å². The number of halogens is 3. The van der Waals surface area contributed by atoms with Crippen molar-refractivity contribution >= 4 is 11.3 Å². The zero-order chi connectivity index (χ0) is 14.0. The Balaban J connectivity index is 1.99. The first-order valence-corrected chi connectivity index (χ1v) is 6.20. The van der Waals surface area contributed by atoms with Gasteiger partial charge in [-0.3, -0.25) is 0 Å². The van der Waals surface area contributed by atoms with E-state index in [2.05, 4.69) is 19.6 Å². The number of aryl methyl sites for hydroxylation is 1. The lowest BCUT2D eigenvalue weighted by atomic mass is 10.2. The van der Waals surface area contributed by atoms with Crippen molar-refractivity contribution in [3.05, 3.63) is 27.8 Å². The third kappa shape index (κ3) is 3.74. The Bertz CT molecular complexity index is 552. The van der Waals surface area contributed by atoms with E-state index in [0.717, 1.165) is 10.7 Å². The van der Waals surface area contributed by atoms with Gasteiger partial charge in [-0.05, 0) is 6.92 Å². The highest BCUT2D eigenvalue weighted by Crippen LogP contribution is 2.22. The second-order valence-corrected chi connectivity index (χ2v) is 4.87. The van der Waals surface area contributed by atoms with Crippen molar-refractivity contribution in [2.24, 2.45) is 0 Å². The van der Waals surface area contributed by atoms with Gasteiger partial charge >= 0.3 is 6.18 Å². The molecule has 0 saturated carbocycles. The van der Waals surface area contributed by atoms with Crippen LogP contribution >= 0.6 is 11.3 Å². The SMILES string of the molecule is Cc1csc(Cc2noc(CC(O)C(F)(F)F)n2)n1. The van der Waals surface area contributed by atoms with Crippen molar-refractivity contribution < 1.29 is 22.8 Å². The number of thiazole rings is 1. The molecule has 2 aromatic rings. The average Bonchev–Trinajstić information content (AvgIpc) is 2.88. The normalized spacial score (nSPS) is 13.7. The minimum Gasteiger partial charge on any atom is -0.383 e. The molecule has 9 heteroatoms. The summed E-state index contributed by atoms with van der Waals surface area (Å²) in [6.07, 6.45) is -7.64. The van der Waals surface area contributed by atoms with E-state index in [1.807, 2.05) is 12.3 Å². The Hall–Kier alpha value is -1.48. The maximum absolute atomic E-state index is 12.1. The summed E-state index contributed by atoms with van der Waals surface area (Å²) in [5.41, 5.74) is 0.858.